The summed E-state index contributed by atoms with van der Waals surface area (Å²) in [5.74, 6) is -2.33. The molecule has 1 N–H and O–H groups in total. The van der Waals surface area contributed by atoms with Gasteiger partial charge in [0.15, 0.2) is 0 Å². The van der Waals surface area contributed by atoms with E-state index < -0.39 is 32.3 Å². The molecule has 29 heavy (non-hydrogen) atoms. The van der Waals surface area contributed by atoms with Gasteiger partial charge >= 0.3 is 43.7 Å². The van der Waals surface area contributed by atoms with Gasteiger partial charge in [0.05, 0.1) is 16.1 Å². The van der Waals surface area contributed by atoms with Gasteiger partial charge in [-0.25, -0.2) is 13.2 Å². The Morgan fingerprint density at radius 3 is 2.41 bits per heavy atom. The Labute approximate surface area is 200 Å². The van der Waals surface area contributed by atoms with E-state index in [-0.39, 0.29) is 54.1 Å². The third-order valence-corrected chi connectivity index (χ3v) is 5.25. The van der Waals surface area contributed by atoms with Crippen molar-refractivity contribution >= 4 is 87.6 Å². The quantitative estimate of drug-likeness (QED) is 0.360. The minimum atomic E-state index is -4.89. The molecule has 3 aromatic rings. The van der Waals surface area contributed by atoms with Crippen LogP contribution in [-0.4, -0.2) is 61.8 Å². The van der Waals surface area contributed by atoms with Crippen LogP contribution in [0.5, 0.6) is 5.75 Å². The van der Waals surface area contributed by atoms with E-state index in [2.05, 4.69) is 10.2 Å². The first kappa shape index (κ1) is 23.5. The largest absolute Gasteiger partial charge is 2.00 e. The third kappa shape index (κ3) is 4.88. The van der Waals surface area contributed by atoms with E-state index in [1.165, 1.54) is 13.0 Å². The Kier molecular flexibility index (Phi) is 7.26. The van der Waals surface area contributed by atoms with Crippen LogP contribution in [0.2, 0.25) is 5.02 Å². The number of rotatable bonds is 4. The molecular weight excluding hydrogens is 448 g/mol. The molecule has 0 radical (unpaired) electrons. The Morgan fingerprint density at radius 1 is 1.14 bits per heavy atom. The number of carbonyl (C=O) groups is 1. The molecule has 0 atom stereocenters. The molecule has 8 nitrogen and oxygen atoms in total. The number of aryl methyl sites for hydroxylation is 1. The molecule has 0 spiro atoms. The zero-order chi connectivity index (χ0) is 20.6. The van der Waals surface area contributed by atoms with Gasteiger partial charge < -0.3 is 14.8 Å². The average Bonchev–Trinajstić information content (AvgIpc) is 2.61. The van der Waals surface area contributed by atoms with Gasteiger partial charge in [0.2, 0.25) is 0 Å². The molecule has 0 bridgehead atoms. The zero-order valence-electron chi connectivity index (χ0n) is 14.9. The summed E-state index contributed by atoms with van der Waals surface area (Å²) >= 11 is 5.97. The second-order valence-corrected chi connectivity index (χ2v) is 7.61. The number of benzene rings is 3. The van der Waals surface area contributed by atoms with Crippen LogP contribution in [0.1, 0.15) is 15.9 Å². The van der Waals surface area contributed by atoms with Crippen molar-refractivity contribution < 1.29 is 28.0 Å². The molecule has 144 valence electrons. The molecule has 0 saturated heterocycles. The predicted octanol–water partition coefficient (Wildman–Crippen LogP) is 3.51. The summed E-state index contributed by atoms with van der Waals surface area (Å²) in [6.45, 7) is 1.51. The fraction of sp³-hybridized carbons (Fsp3) is 0.0556. The van der Waals surface area contributed by atoms with Gasteiger partial charge in [0.1, 0.15) is 15.8 Å². The topological polar surface area (TPSA) is 142 Å². The number of carboxylic acid groups (broad SMARTS) is 1. The average molecular weight is 459 g/mol. The van der Waals surface area contributed by atoms with E-state index in [9.17, 15) is 28.0 Å². The van der Waals surface area contributed by atoms with E-state index in [0.29, 0.717) is 16.3 Å². The molecule has 3 aromatic carbocycles. The summed E-state index contributed by atoms with van der Waals surface area (Å²) in [4.78, 5) is 10.7. The maximum absolute atomic E-state index is 12.5. The van der Waals surface area contributed by atoms with Crippen LogP contribution in [0, 0.1) is 6.92 Å². The van der Waals surface area contributed by atoms with Crippen LogP contribution in [0.25, 0.3) is 10.8 Å². The summed E-state index contributed by atoms with van der Waals surface area (Å²) in [6, 6.07) is 9.83. The van der Waals surface area contributed by atoms with Crippen LogP contribution in [0.15, 0.2) is 57.6 Å². The van der Waals surface area contributed by atoms with Gasteiger partial charge in [-0.15, -0.1) is 5.11 Å². The van der Waals surface area contributed by atoms with E-state index in [1.54, 1.807) is 24.3 Å². The second-order valence-electron chi connectivity index (χ2n) is 5.85. The monoisotopic (exact) mass is 458 g/mol. The van der Waals surface area contributed by atoms with Crippen molar-refractivity contribution in [1.82, 2.24) is 0 Å². The number of hydrogen-bond donors (Lipinski definition) is 1. The van der Waals surface area contributed by atoms with Crippen molar-refractivity contribution in [1.29, 1.82) is 0 Å². The number of azo groups is 1. The SMILES string of the molecule is Cc1cc(S(=O)(=O)[O-])c(N=Nc2c([O-])c(C(=O)O)cc3ccccc23)cc1Cl.[Ca+2]. The predicted molar refractivity (Wildman–Crippen MR) is 104 cm³/mol. The molecule has 11 heteroatoms. The minimum Gasteiger partial charge on any atom is -0.870 e. The number of carboxylic acids is 1. The Bertz CT molecular complexity index is 1260. The van der Waals surface area contributed by atoms with Crippen molar-refractivity contribution in [3.8, 4) is 5.75 Å². The van der Waals surface area contributed by atoms with Gasteiger partial charge in [0.25, 0.3) is 0 Å². The number of aromatic carboxylic acids is 1. The van der Waals surface area contributed by atoms with Crippen LogP contribution < -0.4 is 5.11 Å². The van der Waals surface area contributed by atoms with Crippen LogP contribution in [-0.2, 0) is 10.1 Å². The molecule has 0 amide bonds. The second kappa shape index (κ2) is 8.95. The third-order valence-electron chi connectivity index (χ3n) is 3.97. The van der Waals surface area contributed by atoms with Crippen molar-refractivity contribution in [2.75, 3.05) is 0 Å². The standard InChI is InChI=1S/C18H13ClN2O6S.Ca/c1-9-6-15(28(25,26)27)14(8-13(9)19)20-21-16-11-5-3-2-4-10(11)7-12(17(16)22)18(23)24;/h2-8,22H,1H3,(H,23,24)(H,25,26,27);/q;+2/p-2. The Balaban J connectivity index is 0.00000300. The number of nitrogens with zero attached hydrogens (tertiary/aromatic N) is 2. The Hall–Kier alpha value is -1.75. The maximum Gasteiger partial charge on any atom is 2.00 e. The van der Waals surface area contributed by atoms with Crippen molar-refractivity contribution in [2.24, 2.45) is 10.2 Å². The van der Waals surface area contributed by atoms with Gasteiger partial charge in [-0.1, -0.05) is 41.6 Å². The first-order chi connectivity index (χ1) is 13.1. The van der Waals surface area contributed by atoms with Gasteiger partial charge in [-0.05, 0) is 36.1 Å². The fourth-order valence-electron chi connectivity index (χ4n) is 2.59. The molecule has 0 aliphatic rings. The van der Waals surface area contributed by atoms with Crippen LogP contribution in [0.4, 0.5) is 11.4 Å². The molecule has 0 fully saturated rings. The molecule has 0 aliphatic carbocycles. The maximum atomic E-state index is 12.5. The summed E-state index contributed by atoms with van der Waals surface area (Å²) in [7, 11) is -4.89. The molecule has 0 saturated carbocycles. The molecule has 0 unspecified atom stereocenters. The smallest absolute Gasteiger partial charge is 0.870 e. The van der Waals surface area contributed by atoms with Crippen molar-refractivity contribution in [3.05, 3.63) is 58.6 Å². The number of fused-ring (bicyclic) bond motifs is 1. The van der Waals surface area contributed by atoms with E-state index in [1.807, 2.05) is 0 Å². The summed E-state index contributed by atoms with van der Waals surface area (Å²) in [6.07, 6.45) is 0. The minimum absolute atomic E-state index is 0. The number of halogens is 1. The zero-order valence-corrected chi connectivity index (χ0v) is 18.7. The molecular formula is C18H11CaClN2O6S. The summed E-state index contributed by atoms with van der Waals surface area (Å²) < 4.78 is 34.5. The molecule has 0 heterocycles. The van der Waals surface area contributed by atoms with Crippen molar-refractivity contribution in [2.45, 2.75) is 11.8 Å². The Morgan fingerprint density at radius 2 is 1.79 bits per heavy atom. The summed E-state index contributed by atoms with van der Waals surface area (Å²) in [5.41, 5.74) is -0.805. The molecule has 0 aromatic heterocycles. The van der Waals surface area contributed by atoms with Gasteiger partial charge in [-0.3, -0.25) is 0 Å². The number of hydrogen-bond acceptors (Lipinski definition) is 7. The van der Waals surface area contributed by atoms with E-state index >= 15 is 0 Å². The summed E-state index contributed by atoms with van der Waals surface area (Å²) in [5, 5.41) is 30.2. The van der Waals surface area contributed by atoms with E-state index in [4.69, 9.17) is 11.6 Å². The van der Waals surface area contributed by atoms with Gasteiger partial charge in [0, 0.05) is 10.4 Å². The van der Waals surface area contributed by atoms with Crippen LogP contribution in [0.3, 0.4) is 0 Å². The van der Waals surface area contributed by atoms with Crippen LogP contribution >= 0.6 is 11.6 Å². The molecule has 3 rings (SSSR count). The molecule has 0 aliphatic heterocycles. The van der Waals surface area contributed by atoms with Gasteiger partial charge in [-0.2, -0.15) is 5.11 Å². The normalized spacial score (nSPS) is 11.6. The fourth-order valence-corrected chi connectivity index (χ4v) is 3.43. The van der Waals surface area contributed by atoms with Crippen molar-refractivity contribution in [3.63, 3.8) is 0 Å². The first-order valence-corrected chi connectivity index (χ1v) is 9.52. The first-order valence-electron chi connectivity index (χ1n) is 7.73. The van der Waals surface area contributed by atoms with E-state index in [0.717, 1.165) is 12.1 Å².